The monoisotopic (exact) mass is 349 g/mol. The van der Waals surface area contributed by atoms with Gasteiger partial charge in [-0.05, 0) is 36.8 Å². The SMILES string of the molecule is COc1cccc(SCC(=O)c2ccc(CCNC(C)=O)s2)c1. The van der Waals surface area contributed by atoms with Gasteiger partial charge in [0.25, 0.3) is 0 Å². The highest BCUT2D eigenvalue weighted by atomic mass is 32.2. The lowest BCUT2D eigenvalue weighted by Crippen LogP contribution is -2.22. The first-order valence-electron chi connectivity index (χ1n) is 7.21. The molecule has 1 N–H and O–H groups in total. The van der Waals surface area contributed by atoms with Crippen LogP contribution in [0.25, 0.3) is 0 Å². The van der Waals surface area contributed by atoms with Crippen LogP contribution < -0.4 is 10.1 Å². The fraction of sp³-hybridized carbons (Fsp3) is 0.294. The summed E-state index contributed by atoms with van der Waals surface area (Å²) in [6.45, 7) is 2.10. The number of ketones is 1. The molecule has 0 atom stereocenters. The fourth-order valence-corrected chi connectivity index (χ4v) is 3.80. The molecule has 1 heterocycles. The van der Waals surface area contributed by atoms with E-state index in [-0.39, 0.29) is 11.7 Å². The van der Waals surface area contributed by atoms with E-state index < -0.39 is 0 Å². The normalized spacial score (nSPS) is 10.3. The third kappa shape index (κ3) is 5.73. The van der Waals surface area contributed by atoms with Gasteiger partial charge in [0.05, 0.1) is 17.7 Å². The summed E-state index contributed by atoms with van der Waals surface area (Å²) in [7, 11) is 1.63. The number of ether oxygens (including phenoxy) is 1. The van der Waals surface area contributed by atoms with Gasteiger partial charge in [0.15, 0.2) is 5.78 Å². The second-order valence-corrected chi connectivity index (χ2v) is 7.11. The van der Waals surface area contributed by atoms with Gasteiger partial charge < -0.3 is 10.1 Å². The lowest BCUT2D eigenvalue weighted by atomic mass is 10.3. The first-order valence-corrected chi connectivity index (χ1v) is 9.02. The minimum absolute atomic E-state index is 0.0347. The zero-order valence-corrected chi connectivity index (χ0v) is 14.8. The van der Waals surface area contributed by atoms with E-state index in [9.17, 15) is 9.59 Å². The number of Topliss-reactive ketones (excluding diaryl/α,β-unsaturated/α-hetero) is 1. The Morgan fingerprint density at radius 1 is 1.26 bits per heavy atom. The zero-order valence-electron chi connectivity index (χ0n) is 13.1. The van der Waals surface area contributed by atoms with Crippen LogP contribution in [0, 0.1) is 0 Å². The molecule has 0 unspecified atom stereocenters. The van der Waals surface area contributed by atoms with Crippen LogP contribution in [0.4, 0.5) is 0 Å². The summed E-state index contributed by atoms with van der Waals surface area (Å²) < 4.78 is 5.18. The summed E-state index contributed by atoms with van der Waals surface area (Å²) in [4.78, 5) is 26.0. The third-order valence-corrected chi connectivity index (χ3v) is 5.27. The smallest absolute Gasteiger partial charge is 0.216 e. The number of thiophene rings is 1. The molecule has 6 heteroatoms. The van der Waals surface area contributed by atoms with E-state index in [0.717, 1.165) is 26.8 Å². The molecule has 0 saturated heterocycles. The van der Waals surface area contributed by atoms with E-state index in [0.29, 0.717) is 12.3 Å². The number of methoxy groups -OCH3 is 1. The summed E-state index contributed by atoms with van der Waals surface area (Å²) >= 11 is 3.00. The number of carbonyl (C=O) groups excluding carboxylic acids is 2. The molecular formula is C17H19NO3S2. The van der Waals surface area contributed by atoms with Gasteiger partial charge >= 0.3 is 0 Å². The third-order valence-electron chi connectivity index (χ3n) is 3.09. The molecule has 23 heavy (non-hydrogen) atoms. The van der Waals surface area contributed by atoms with Crippen LogP contribution in [-0.2, 0) is 11.2 Å². The van der Waals surface area contributed by atoms with Crippen LogP contribution in [0.2, 0.25) is 0 Å². The van der Waals surface area contributed by atoms with Crippen LogP contribution in [0.5, 0.6) is 5.75 Å². The predicted molar refractivity (Wildman–Crippen MR) is 94.8 cm³/mol. The highest BCUT2D eigenvalue weighted by Gasteiger charge is 2.10. The number of benzene rings is 1. The van der Waals surface area contributed by atoms with Crippen molar-refractivity contribution in [1.82, 2.24) is 5.32 Å². The maximum Gasteiger partial charge on any atom is 0.216 e. The van der Waals surface area contributed by atoms with Crippen molar-refractivity contribution in [3.63, 3.8) is 0 Å². The van der Waals surface area contributed by atoms with Gasteiger partial charge in [0, 0.05) is 23.2 Å². The Balaban J connectivity index is 1.85. The molecule has 1 aromatic heterocycles. The summed E-state index contributed by atoms with van der Waals surface area (Å²) in [5, 5.41) is 2.76. The summed E-state index contributed by atoms with van der Waals surface area (Å²) in [6.07, 6.45) is 0.751. The second-order valence-electron chi connectivity index (χ2n) is 4.89. The summed E-state index contributed by atoms with van der Waals surface area (Å²) in [5.74, 6) is 1.28. The van der Waals surface area contributed by atoms with Gasteiger partial charge in [-0.1, -0.05) is 6.07 Å². The van der Waals surface area contributed by atoms with Gasteiger partial charge in [0.1, 0.15) is 5.75 Å². The molecule has 2 aromatic rings. The molecule has 0 spiro atoms. The summed E-state index contributed by atoms with van der Waals surface area (Å²) in [5.41, 5.74) is 0. The Morgan fingerprint density at radius 3 is 2.83 bits per heavy atom. The number of thioether (sulfide) groups is 1. The molecular weight excluding hydrogens is 330 g/mol. The van der Waals surface area contributed by atoms with Crippen LogP contribution in [0.15, 0.2) is 41.3 Å². The predicted octanol–water partition coefficient (Wildman–Crippen LogP) is 3.41. The van der Waals surface area contributed by atoms with Crippen molar-refractivity contribution in [2.45, 2.75) is 18.2 Å². The number of nitrogens with one attached hydrogen (secondary N) is 1. The molecule has 122 valence electrons. The molecule has 0 aliphatic carbocycles. The Bertz CT molecular complexity index is 682. The van der Waals surface area contributed by atoms with E-state index in [2.05, 4.69) is 5.32 Å². The second kappa shape index (κ2) is 8.74. The minimum Gasteiger partial charge on any atom is -0.497 e. The van der Waals surface area contributed by atoms with Gasteiger partial charge in [-0.2, -0.15) is 0 Å². The topological polar surface area (TPSA) is 55.4 Å². The lowest BCUT2D eigenvalue weighted by molar-refractivity contribution is -0.118. The van der Waals surface area contributed by atoms with Crippen molar-refractivity contribution in [3.05, 3.63) is 46.2 Å². The first-order chi connectivity index (χ1) is 11.1. The maximum absolute atomic E-state index is 12.3. The molecule has 1 amide bonds. The molecule has 0 fully saturated rings. The fourth-order valence-electron chi connectivity index (χ4n) is 1.93. The molecule has 2 rings (SSSR count). The van der Waals surface area contributed by atoms with Crippen LogP contribution in [0.3, 0.4) is 0 Å². The van der Waals surface area contributed by atoms with Gasteiger partial charge in [-0.15, -0.1) is 23.1 Å². The quantitative estimate of drug-likeness (QED) is 0.586. The molecule has 0 bridgehead atoms. The highest BCUT2D eigenvalue weighted by molar-refractivity contribution is 8.00. The van der Waals surface area contributed by atoms with E-state index in [1.807, 2.05) is 36.4 Å². The number of rotatable bonds is 8. The van der Waals surface area contributed by atoms with Crippen molar-refractivity contribution < 1.29 is 14.3 Å². The zero-order chi connectivity index (χ0) is 16.7. The van der Waals surface area contributed by atoms with Gasteiger partial charge in [0.2, 0.25) is 5.91 Å². The van der Waals surface area contributed by atoms with E-state index in [1.165, 1.54) is 30.0 Å². The number of hydrogen-bond acceptors (Lipinski definition) is 5. The maximum atomic E-state index is 12.3. The average Bonchev–Trinajstić information content (AvgIpc) is 3.01. The number of amides is 1. The van der Waals surface area contributed by atoms with Crippen molar-refractivity contribution in [3.8, 4) is 5.75 Å². The van der Waals surface area contributed by atoms with Crippen LogP contribution >= 0.6 is 23.1 Å². The number of carbonyl (C=O) groups is 2. The van der Waals surface area contributed by atoms with Crippen molar-refractivity contribution in [1.29, 1.82) is 0 Å². The lowest BCUT2D eigenvalue weighted by Gasteiger charge is -2.03. The Hall–Kier alpha value is -1.79. The van der Waals surface area contributed by atoms with Crippen molar-refractivity contribution >= 4 is 34.8 Å². The van der Waals surface area contributed by atoms with E-state index in [1.54, 1.807) is 7.11 Å². The number of hydrogen-bond donors (Lipinski definition) is 1. The van der Waals surface area contributed by atoms with Crippen molar-refractivity contribution in [2.24, 2.45) is 0 Å². The average molecular weight is 349 g/mol. The molecule has 0 radical (unpaired) electrons. The Morgan fingerprint density at radius 2 is 2.09 bits per heavy atom. The molecule has 1 aromatic carbocycles. The molecule has 0 saturated carbocycles. The van der Waals surface area contributed by atoms with Crippen LogP contribution in [0.1, 0.15) is 21.5 Å². The minimum atomic E-state index is -0.0347. The van der Waals surface area contributed by atoms with E-state index >= 15 is 0 Å². The molecule has 4 nitrogen and oxygen atoms in total. The molecule has 0 aliphatic rings. The largest absolute Gasteiger partial charge is 0.497 e. The standard InChI is InChI=1S/C17H19NO3S2/c1-12(19)18-9-8-14-6-7-17(23-14)16(20)11-22-15-5-3-4-13(10-15)21-2/h3-7,10H,8-9,11H2,1-2H3,(H,18,19). The van der Waals surface area contributed by atoms with Crippen molar-refractivity contribution in [2.75, 3.05) is 19.4 Å². The Kier molecular flexibility index (Phi) is 6.67. The molecule has 0 aliphatic heterocycles. The Labute approximate surface area is 144 Å². The highest BCUT2D eigenvalue weighted by Crippen LogP contribution is 2.25. The summed E-state index contributed by atoms with van der Waals surface area (Å²) in [6, 6.07) is 11.5. The van der Waals surface area contributed by atoms with Gasteiger partial charge in [-0.25, -0.2) is 0 Å². The first kappa shape index (κ1) is 17.6. The van der Waals surface area contributed by atoms with Gasteiger partial charge in [-0.3, -0.25) is 9.59 Å². The van der Waals surface area contributed by atoms with Crippen LogP contribution in [-0.4, -0.2) is 31.1 Å². The van der Waals surface area contributed by atoms with E-state index in [4.69, 9.17) is 4.74 Å².